The SMILES string of the molecule is Cc1cc(Cl)cc(C(N)C2CC2)c1O. The van der Waals surface area contributed by atoms with Crippen LogP contribution in [0.2, 0.25) is 5.02 Å². The summed E-state index contributed by atoms with van der Waals surface area (Å²) in [5.74, 6) is 0.826. The first-order chi connectivity index (χ1) is 6.59. The number of hydrogen-bond acceptors (Lipinski definition) is 2. The quantitative estimate of drug-likeness (QED) is 0.790. The van der Waals surface area contributed by atoms with Crippen molar-refractivity contribution >= 4 is 11.6 Å². The Morgan fingerprint density at radius 3 is 2.71 bits per heavy atom. The largest absolute Gasteiger partial charge is 0.507 e. The summed E-state index contributed by atoms with van der Waals surface area (Å²) in [4.78, 5) is 0. The molecule has 1 saturated carbocycles. The molecule has 0 aromatic heterocycles. The van der Waals surface area contributed by atoms with Gasteiger partial charge in [-0.15, -0.1) is 0 Å². The number of phenolic OH excluding ortho intramolecular Hbond substituents is 1. The Labute approximate surface area is 88.7 Å². The molecule has 0 aliphatic heterocycles. The molecule has 0 heterocycles. The molecule has 1 aliphatic carbocycles. The molecule has 1 atom stereocenters. The number of halogens is 1. The Morgan fingerprint density at radius 2 is 2.14 bits per heavy atom. The normalized spacial score (nSPS) is 18.2. The van der Waals surface area contributed by atoms with Crippen molar-refractivity contribution in [3.63, 3.8) is 0 Å². The van der Waals surface area contributed by atoms with E-state index in [4.69, 9.17) is 17.3 Å². The predicted molar refractivity (Wildman–Crippen MR) is 57.5 cm³/mol. The number of benzene rings is 1. The molecule has 14 heavy (non-hydrogen) atoms. The lowest BCUT2D eigenvalue weighted by atomic mass is 10.00. The highest BCUT2D eigenvalue weighted by atomic mass is 35.5. The second-order valence-corrected chi connectivity index (χ2v) is 4.46. The molecule has 1 fully saturated rings. The van der Waals surface area contributed by atoms with Gasteiger partial charge in [0, 0.05) is 16.6 Å². The topological polar surface area (TPSA) is 46.2 Å². The number of rotatable bonds is 2. The number of aryl methyl sites for hydroxylation is 1. The van der Waals surface area contributed by atoms with E-state index in [1.807, 2.05) is 6.92 Å². The molecule has 2 nitrogen and oxygen atoms in total. The monoisotopic (exact) mass is 211 g/mol. The first-order valence-corrected chi connectivity index (χ1v) is 5.22. The van der Waals surface area contributed by atoms with E-state index in [9.17, 15) is 5.11 Å². The van der Waals surface area contributed by atoms with Gasteiger partial charge >= 0.3 is 0 Å². The minimum atomic E-state index is -0.0626. The van der Waals surface area contributed by atoms with Gasteiger partial charge in [-0.3, -0.25) is 0 Å². The van der Waals surface area contributed by atoms with Crippen LogP contribution in [0.5, 0.6) is 5.75 Å². The molecule has 0 spiro atoms. The Morgan fingerprint density at radius 1 is 1.50 bits per heavy atom. The predicted octanol–water partition coefficient (Wildman–Crippen LogP) is 2.76. The van der Waals surface area contributed by atoms with Crippen LogP contribution in [-0.2, 0) is 0 Å². The standard InChI is InChI=1S/C11H14ClNO/c1-6-4-8(12)5-9(11(6)14)10(13)7-2-3-7/h4-5,7,10,14H,2-3,13H2,1H3. The fourth-order valence-electron chi connectivity index (χ4n) is 1.72. The number of phenols is 1. The first kappa shape index (κ1) is 9.81. The van der Waals surface area contributed by atoms with E-state index >= 15 is 0 Å². The van der Waals surface area contributed by atoms with E-state index in [1.54, 1.807) is 12.1 Å². The van der Waals surface area contributed by atoms with Crippen molar-refractivity contribution < 1.29 is 5.11 Å². The molecule has 1 aromatic carbocycles. The zero-order valence-corrected chi connectivity index (χ0v) is 8.88. The molecule has 3 heteroatoms. The van der Waals surface area contributed by atoms with Crippen molar-refractivity contribution in [1.82, 2.24) is 0 Å². The summed E-state index contributed by atoms with van der Waals surface area (Å²) < 4.78 is 0. The molecule has 2 rings (SSSR count). The smallest absolute Gasteiger partial charge is 0.123 e. The first-order valence-electron chi connectivity index (χ1n) is 4.84. The van der Waals surface area contributed by atoms with Crippen molar-refractivity contribution in [3.8, 4) is 5.75 Å². The van der Waals surface area contributed by atoms with E-state index in [0.29, 0.717) is 16.7 Å². The summed E-state index contributed by atoms with van der Waals surface area (Å²) in [6, 6.07) is 3.46. The summed E-state index contributed by atoms with van der Waals surface area (Å²) >= 11 is 5.92. The molecule has 0 saturated heterocycles. The number of aromatic hydroxyl groups is 1. The molecular weight excluding hydrogens is 198 g/mol. The average Bonchev–Trinajstić information content (AvgIpc) is 2.93. The molecule has 0 bridgehead atoms. The highest BCUT2D eigenvalue weighted by Gasteiger charge is 2.31. The molecule has 0 radical (unpaired) electrons. The van der Waals surface area contributed by atoms with Gasteiger partial charge in [0.25, 0.3) is 0 Å². The Bertz CT molecular complexity index is 361. The highest BCUT2D eigenvalue weighted by Crippen LogP contribution is 2.43. The summed E-state index contributed by atoms with van der Waals surface area (Å²) in [6.07, 6.45) is 2.32. The van der Waals surface area contributed by atoms with Gasteiger partial charge in [0.15, 0.2) is 0 Å². The van der Waals surface area contributed by atoms with Gasteiger partial charge in [-0.2, -0.15) is 0 Å². The van der Waals surface area contributed by atoms with Gasteiger partial charge in [0.05, 0.1) is 0 Å². The van der Waals surface area contributed by atoms with Gasteiger partial charge in [-0.25, -0.2) is 0 Å². The van der Waals surface area contributed by atoms with E-state index in [0.717, 1.165) is 24.0 Å². The second-order valence-electron chi connectivity index (χ2n) is 4.02. The lowest BCUT2D eigenvalue weighted by molar-refractivity contribution is 0.452. The van der Waals surface area contributed by atoms with Gasteiger partial charge in [-0.1, -0.05) is 11.6 Å². The van der Waals surface area contributed by atoms with Gasteiger partial charge in [-0.05, 0) is 43.4 Å². The maximum Gasteiger partial charge on any atom is 0.123 e. The summed E-state index contributed by atoms with van der Waals surface area (Å²) in [7, 11) is 0. The van der Waals surface area contributed by atoms with Crippen LogP contribution in [0.4, 0.5) is 0 Å². The summed E-state index contributed by atoms with van der Waals surface area (Å²) in [5.41, 5.74) is 7.60. The van der Waals surface area contributed by atoms with Crippen molar-refractivity contribution in [2.45, 2.75) is 25.8 Å². The van der Waals surface area contributed by atoms with Crippen LogP contribution in [0.15, 0.2) is 12.1 Å². The van der Waals surface area contributed by atoms with Gasteiger partial charge in [0.1, 0.15) is 5.75 Å². The summed E-state index contributed by atoms with van der Waals surface area (Å²) in [6.45, 7) is 1.84. The fraction of sp³-hybridized carbons (Fsp3) is 0.455. The number of nitrogens with two attached hydrogens (primary N) is 1. The van der Waals surface area contributed by atoms with Crippen molar-refractivity contribution in [2.75, 3.05) is 0 Å². The van der Waals surface area contributed by atoms with Crippen molar-refractivity contribution in [3.05, 3.63) is 28.3 Å². The lowest BCUT2D eigenvalue weighted by Crippen LogP contribution is -2.12. The third-order valence-corrected chi connectivity index (χ3v) is 3.00. The Kier molecular flexibility index (Phi) is 2.41. The Hall–Kier alpha value is -0.730. The average molecular weight is 212 g/mol. The van der Waals surface area contributed by atoms with Gasteiger partial charge < -0.3 is 10.8 Å². The zero-order valence-electron chi connectivity index (χ0n) is 8.13. The Balaban J connectivity index is 2.39. The van der Waals surface area contributed by atoms with Crippen LogP contribution in [0.1, 0.15) is 30.0 Å². The van der Waals surface area contributed by atoms with Crippen molar-refractivity contribution in [1.29, 1.82) is 0 Å². The molecule has 1 aliphatic rings. The molecule has 3 N–H and O–H groups in total. The van der Waals surface area contributed by atoms with Crippen molar-refractivity contribution in [2.24, 2.45) is 11.7 Å². The minimum absolute atomic E-state index is 0.0626. The molecular formula is C11H14ClNO. The summed E-state index contributed by atoms with van der Waals surface area (Å²) in [5, 5.41) is 10.5. The van der Waals surface area contributed by atoms with Crippen LogP contribution >= 0.6 is 11.6 Å². The van der Waals surface area contributed by atoms with E-state index in [1.165, 1.54) is 0 Å². The van der Waals surface area contributed by atoms with Crippen LogP contribution in [0, 0.1) is 12.8 Å². The molecule has 1 aromatic rings. The zero-order chi connectivity index (χ0) is 10.3. The van der Waals surface area contributed by atoms with Crippen LogP contribution in [0.3, 0.4) is 0 Å². The third kappa shape index (κ3) is 1.72. The maximum atomic E-state index is 9.83. The molecule has 0 amide bonds. The van der Waals surface area contributed by atoms with E-state index in [2.05, 4.69) is 0 Å². The fourth-order valence-corrected chi connectivity index (χ4v) is 2.01. The highest BCUT2D eigenvalue weighted by molar-refractivity contribution is 6.30. The minimum Gasteiger partial charge on any atom is -0.507 e. The lowest BCUT2D eigenvalue weighted by Gasteiger charge is -2.14. The molecule has 76 valence electrons. The third-order valence-electron chi connectivity index (χ3n) is 2.78. The van der Waals surface area contributed by atoms with Crippen LogP contribution in [-0.4, -0.2) is 5.11 Å². The van der Waals surface area contributed by atoms with E-state index < -0.39 is 0 Å². The number of hydrogen-bond donors (Lipinski definition) is 2. The van der Waals surface area contributed by atoms with E-state index in [-0.39, 0.29) is 6.04 Å². The van der Waals surface area contributed by atoms with Gasteiger partial charge in [0.2, 0.25) is 0 Å². The molecule has 1 unspecified atom stereocenters. The maximum absolute atomic E-state index is 9.83. The second kappa shape index (κ2) is 3.44. The van der Waals surface area contributed by atoms with Crippen LogP contribution < -0.4 is 5.73 Å². The van der Waals surface area contributed by atoms with Crippen LogP contribution in [0.25, 0.3) is 0 Å².